The van der Waals surface area contributed by atoms with Crippen LogP contribution in [0.25, 0.3) is 0 Å². The molecule has 0 aromatic carbocycles. The van der Waals surface area contributed by atoms with Crippen molar-refractivity contribution >= 4 is 11.6 Å². The predicted octanol–water partition coefficient (Wildman–Crippen LogP) is 1.94. The zero-order valence-corrected chi connectivity index (χ0v) is 13.4. The third kappa shape index (κ3) is 4.28. The molecule has 128 valence electrons. The minimum Gasteiger partial charge on any atom is -0.391 e. The lowest BCUT2D eigenvalue weighted by atomic mass is 9.85. The number of nitro groups is 1. The molecule has 1 aromatic heterocycles. The summed E-state index contributed by atoms with van der Waals surface area (Å²) in [4.78, 5) is 22.8. The molecule has 0 spiro atoms. The van der Waals surface area contributed by atoms with Crippen LogP contribution in [0.3, 0.4) is 0 Å². The fourth-order valence-electron chi connectivity index (χ4n) is 3.12. The second kappa shape index (κ2) is 8.05. The van der Waals surface area contributed by atoms with E-state index in [0.717, 1.165) is 25.7 Å². The lowest BCUT2D eigenvalue weighted by Gasteiger charge is -2.26. The number of hydrogen-bond donors (Lipinski definition) is 3. The van der Waals surface area contributed by atoms with Crippen LogP contribution in [0.5, 0.6) is 0 Å². The van der Waals surface area contributed by atoms with E-state index < -0.39 is 16.9 Å². The van der Waals surface area contributed by atoms with E-state index in [0.29, 0.717) is 18.5 Å². The van der Waals surface area contributed by atoms with Crippen LogP contribution >= 0.6 is 0 Å². The van der Waals surface area contributed by atoms with Gasteiger partial charge in [0.25, 0.3) is 5.91 Å². The summed E-state index contributed by atoms with van der Waals surface area (Å²) in [6.07, 6.45) is 5.86. The van der Waals surface area contributed by atoms with Crippen molar-refractivity contribution in [1.29, 1.82) is 0 Å². The first-order valence-corrected chi connectivity index (χ1v) is 8.22. The van der Waals surface area contributed by atoms with Crippen LogP contribution in [0.15, 0.2) is 0 Å². The number of rotatable bonds is 7. The molecule has 3 N–H and O–H groups in total. The molecule has 0 aliphatic heterocycles. The Bertz CT molecular complexity index is 552. The largest absolute Gasteiger partial charge is 0.391 e. The monoisotopic (exact) mass is 324 g/mol. The molecular formula is C15H24N4O4. The Hall–Kier alpha value is -1.96. The van der Waals surface area contributed by atoms with Gasteiger partial charge in [-0.15, -0.1) is 0 Å². The van der Waals surface area contributed by atoms with Gasteiger partial charge in [0.2, 0.25) is 5.69 Å². The highest BCUT2D eigenvalue weighted by molar-refractivity contribution is 5.96. The van der Waals surface area contributed by atoms with E-state index in [1.54, 1.807) is 0 Å². The van der Waals surface area contributed by atoms with E-state index >= 15 is 0 Å². The molecule has 1 aromatic rings. The molecule has 1 saturated carbocycles. The predicted molar refractivity (Wildman–Crippen MR) is 84.2 cm³/mol. The molecule has 1 amide bonds. The molecule has 2 rings (SSSR count). The van der Waals surface area contributed by atoms with E-state index in [1.807, 2.05) is 6.92 Å². The molecule has 1 aliphatic carbocycles. The smallest absolute Gasteiger partial charge is 0.322 e. The van der Waals surface area contributed by atoms with Crippen molar-refractivity contribution in [2.24, 2.45) is 5.92 Å². The number of carbonyl (C=O) groups excluding carboxylic acids is 1. The fraction of sp³-hybridized carbons (Fsp3) is 0.733. The Morgan fingerprint density at radius 3 is 2.78 bits per heavy atom. The lowest BCUT2D eigenvalue weighted by molar-refractivity contribution is -0.385. The Kier molecular flexibility index (Phi) is 6.09. The summed E-state index contributed by atoms with van der Waals surface area (Å²) in [6.45, 7) is 1.99. The summed E-state index contributed by atoms with van der Waals surface area (Å²) in [5.74, 6) is -0.431. The second-order valence-corrected chi connectivity index (χ2v) is 6.08. The molecule has 23 heavy (non-hydrogen) atoms. The van der Waals surface area contributed by atoms with Crippen molar-refractivity contribution in [2.75, 3.05) is 6.54 Å². The average Bonchev–Trinajstić information content (AvgIpc) is 2.97. The van der Waals surface area contributed by atoms with Crippen LogP contribution in [-0.2, 0) is 6.42 Å². The van der Waals surface area contributed by atoms with Gasteiger partial charge < -0.3 is 10.4 Å². The van der Waals surface area contributed by atoms with Crippen molar-refractivity contribution in [3.8, 4) is 0 Å². The number of aliphatic hydroxyl groups excluding tert-OH is 1. The molecule has 0 bridgehead atoms. The highest BCUT2D eigenvalue weighted by atomic mass is 16.6. The summed E-state index contributed by atoms with van der Waals surface area (Å²) in [7, 11) is 0. The van der Waals surface area contributed by atoms with E-state index in [2.05, 4.69) is 15.5 Å². The van der Waals surface area contributed by atoms with Gasteiger partial charge in [-0.1, -0.05) is 32.6 Å². The highest BCUT2D eigenvalue weighted by Gasteiger charge is 2.29. The fourth-order valence-corrected chi connectivity index (χ4v) is 3.12. The van der Waals surface area contributed by atoms with E-state index in [4.69, 9.17) is 0 Å². The molecule has 1 atom stereocenters. The number of aromatic amines is 1. The van der Waals surface area contributed by atoms with Crippen LogP contribution in [0, 0.1) is 16.0 Å². The van der Waals surface area contributed by atoms with Gasteiger partial charge in [0.05, 0.1) is 11.0 Å². The number of carbonyl (C=O) groups is 1. The molecule has 1 fully saturated rings. The molecule has 1 unspecified atom stereocenters. The number of amides is 1. The summed E-state index contributed by atoms with van der Waals surface area (Å²) < 4.78 is 0. The molecule has 0 radical (unpaired) electrons. The normalized spacial score (nSPS) is 17.0. The third-order valence-corrected chi connectivity index (χ3v) is 4.38. The minimum atomic E-state index is -0.620. The van der Waals surface area contributed by atoms with Crippen LogP contribution in [0.4, 0.5) is 5.69 Å². The standard InChI is InChI=1S/C15H24N4O4/c1-2-6-11-14(19(22)23)13(18-17-11)15(21)16-9-12(20)10-7-4-3-5-8-10/h10,12,20H,2-9H2,1H3,(H,16,21)(H,17,18). The maximum absolute atomic E-state index is 12.2. The van der Waals surface area contributed by atoms with Crippen molar-refractivity contribution in [2.45, 2.75) is 58.0 Å². The van der Waals surface area contributed by atoms with Gasteiger partial charge in [0, 0.05) is 6.54 Å². The summed E-state index contributed by atoms with van der Waals surface area (Å²) in [6, 6.07) is 0. The number of hydrogen-bond acceptors (Lipinski definition) is 5. The van der Waals surface area contributed by atoms with Crippen molar-refractivity contribution in [1.82, 2.24) is 15.5 Å². The number of H-pyrrole nitrogens is 1. The first kappa shape index (κ1) is 17.4. The summed E-state index contributed by atoms with van der Waals surface area (Å²) >= 11 is 0. The Labute approximate surface area is 134 Å². The SMILES string of the molecule is CCCc1[nH]nc(C(=O)NCC(O)C2CCCCC2)c1[N+](=O)[O-]. The molecular weight excluding hydrogens is 300 g/mol. The summed E-state index contributed by atoms with van der Waals surface area (Å²) in [5, 5.41) is 30.3. The van der Waals surface area contributed by atoms with Crippen LogP contribution < -0.4 is 5.32 Å². The van der Waals surface area contributed by atoms with Gasteiger partial charge >= 0.3 is 5.69 Å². The van der Waals surface area contributed by atoms with E-state index in [9.17, 15) is 20.0 Å². The maximum atomic E-state index is 12.2. The zero-order chi connectivity index (χ0) is 16.8. The molecule has 0 saturated heterocycles. The Morgan fingerprint density at radius 2 is 2.17 bits per heavy atom. The number of aliphatic hydroxyl groups is 1. The number of aryl methyl sites for hydroxylation is 1. The van der Waals surface area contributed by atoms with E-state index in [-0.39, 0.29) is 23.8 Å². The molecule has 8 nitrogen and oxygen atoms in total. The minimum absolute atomic E-state index is 0.0939. The van der Waals surface area contributed by atoms with Gasteiger partial charge in [-0.05, 0) is 25.2 Å². The number of nitrogens with zero attached hydrogens (tertiary/aromatic N) is 2. The topological polar surface area (TPSA) is 121 Å². The third-order valence-electron chi connectivity index (χ3n) is 4.38. The zero-order valence-electron chi connectivity index (χ0n) is 13.4. The molecule has 1 aliphatic rings. The van der Waals surface area contributed by atoms with Crippen LogP contribution in [-0.4, -0.2) is 38.8 Å². The Morgan fingerprint density at radius 1 is 1.48 bits per heavy atom. The van der Waals surface area contributed by atoms with Gasteiger partial charge in [-0.25, -0.2) is 0 Å². The summed E-state index contributed by atoms with van der Waals surface area (Å²) in [5.41, 5.74) is -0.124. The van der Waals surface area contributed by atoms with Gasteiger partial charge in [0.15, 0.2) is 0 Å². The van der Waals surface area contributed by atoms with Crippen molar-refractivity contribution in [3.63, 3.8) is 0 Å². The highest BCUT2D eigenvalue weighted by Crippen LogP contribution is 2.26. The quantitative estimate of drug-likeness (QED) is 0.523. The first-order valence-electron chi connectivity index (χ1n) is 8.22. The number of nitrogens with one attached hydrogen (secondary N) is 2. The average molecular weight is 324 g/mol. The number of aromatic nitrogens is 2. The molecule has 8 heteroatoms. The van der Waals surface area contributed by atoms with Gasteiger partial charge in [-0.3, -0.25) is 20.0 Å². The second-order valence-electron chi connectivity index (χ2n) is 6.08. The van der Waals surface area contributed by atoms with Crippen molar-refractivity contribution < 1.29 is 14.8 Å². The van der Waals surface area contributed by atoms with Gasteiger partial charge in [0.1, 0.15) is 5.69 Å². The Balaban J connectivity index is 1.98. The lowest BCUT2D eigenvalue weighted by Crippen LogP contribution is -2.37. The van der Waals surface area contributed by atoms with E-state index in [1.165, 1.54) is 6.42 Å². The van der Waals surface area contributed by atoms with Crippen LogP contribution in [0.2, 0.25) is 0 Å². The first-order chi connectivity index (χ1) is 11.0. The van der Waals surface area contributed by atoms with Crippen LogP contribution in [0.1, 0.15) is 61.6 Å². The van der Waals surface area contributed by atoms with Crippen molar-refractivity contribution in [3.05, 3.63) is 21.5 Å². The maximum Gasteiger partial charge on any atom is 0.322 e. The van der Waals surface area contributed by atoms with Gasteiger partial charge in [-0.2, -0.15) is 5.10 Å². The molecule has 1 heterocycles.